The molecule has 0 unspecified atom stereocenters. The first kappa shape index (κ1) is 37.6. The molecule has 0 aromatic rings. The highest BCUT2D eigenvalue weighted by molar-refractivity contribution is 6.22. The van der Waals surface area contributed by atoms with Crippen molar-refractivity contribution >= 4 is 24.0 Å². The number of nitrogens with one attached hydrogen (secondary N) is 1. The third-order valence-corrected chi connectivity index (χ3v) is 10.6. The zero-order valence-corrected chi connectivity index (χ0v) is 29.3. The summed E-state index contributed by atoms with van der Waals surface area (Å²) in [5.41, 5.74) is -0.446. The number of hydrogen-bond acceptors (Lipinski definition) is 9. The minimum Gasteiger partial charge on any atom is -0.458 e. The van der Waals surface area contributed by atoms with Crippen LogP contribution in [-0.4, -0.2) is 96.2 Å². The van der Waals surface area contributed by atoms with E-state index in [0.29, 0.717) is 19.3 Å². The number of hydrogen-bond donors (Lipinski definition) is 3. The summed E-state index contributed by atoms with van der Waals surface area (Å²) in [7, 11) is 3.14. The summed E-state index contributed by atoms with van der Waals surface area (Å²) in [4.78, 5) is 24.7. The molecule has 3 N–H and O–H groups in total. The van der Waals surface area contributed by atoms with Crippen LogP contribution < -0.4 is 5.32 Å². The Hall–Kier alpha value is -2.23. The van der Waals surface area contributed by atoms with Crippen molar-refractivity contribution < 1.29 is 43.5 Å². The molecule has 2 aliphatic carbocycles. The van der Waals surface area contributed by atoms with E-state index < -0.39 is 60.3 Å². The molecule has 2 saturated carbocycles. The number of aliphatic hydroxyl groups is 2. The van der Waals surface area contributed by atoms with Gasteiger partial charge >= 0.3 is 5.97 Å². The molecule has 2 aliphatic heterocycles. The molecule has 2 heterocycles. The lowest BCUT2D eigenvalue weighted by molar-refractivity contribution is -0.317. The van der Waals surface area contributed by atoms with Gasteiger partial charge in [-0.3, -0.25) is 9.59 Å². The molecule has 14 atom stereocenters. The molecule has 3 fully saturated rings. The lowest BCUT2D eigenvalue weighted by atomic mass is 9.71. The summed E-state index contributed by atoms with van der Waals surface area (Å²) in [6, 6.07) is -0.536. The molecule has 11 heteroatoms. The molecule has 1 amide bonds. The Morgan fingerprint density at radius 3 is 2.47 bits per heavy atom. The average molecular weight is 678 g/mol. The average Bonchev–Trinajstić information content (AvgIpc) is 3.70. The normalized spacial score (nSPS) is 45.5. The number of carbonyl (C=O) groups excluding carboxylic acids is 2. The highest BCUT2D eigenvalue weighted by Gasteiger charge is 2.55. The van der Waals surface area contributed by atoms with Gasteiger partial charge in [-0.1, -0.05) is 56.4 Å². The molecular formula is C36H52ClNO9. The van der Waals surface area contributed by atoms with E-state index >= 15 is 0 Å². The number of amides is 1. The molecule has 262 valence electrons. The molecule has 4 rings (SSSR count). The van der Waals surface area contributed by atoms with Gasteiger partial charge < -0.3 is 39.2 Å². The number of rotatable bonds is 8. The Morgan fingerprint density at radius 1 is 1.11 bits per heavy atom. The maximum atomic E-state index is 13.4. The first-order chi connectivity index (χ1) is 22.2. The summed E-state index contributed by atoms with van der Waals surface area (Å²) >= 11 is 6.01. The lowest BCUT2D eigenvalue weighted by Gasteiger charge is -2.52. The fourth-order valence-electron chi connectivity index (χ4n) is 7.53. The van der Waals surface area contributed by atoms with Gasteiger partial charge in [-0.2, -0.15) is 0 Å². The van der Waals surface area contributed by atoms with Gasteiger partial charge in [-0.05, 0) is 44.8 Å². The van der Waals surface area contributed by atoms with Gasteiger partial charge in [0, 0.05) is 50.2 Å². The van der Waals surface area contributed by atoms with E-state index in [1.165, 1.54) is 7.11 Å². The van der Waals surface area contributed by atoms with Crippen LogP contribution in [0.25, 0.3) is 0 Å². The van der Waals surface area contributed by atoms with E-state index in [-0.39, 0.29) is 41.6 Å². The van der Waals surface area contributed by atoms with Crippen molar-refractivity contribution in [1.29, 1.82) is 0 Å². The summed E-state index contributed by atoms with van der Waals surface area (Å²) < 4.78 is 30.7. The Balaban J connectivity index is 1.58. The highest BCUT2D eigenvalue weighted by Crippen LogP contribution is 2.43. The van der Waals surface area contributed by atoms with Gasteiger partial charge in [0.25, 0.3) is 0 Å². The fourth-order valence-corrected chi connectivity index (χ4v) is 7.78. The summed E-state index contributed by atoms with van der Waals surface area (Å²) in [5, 5.41) is 26.3. The van der Waals surface area contributed by atoms with Crippen LogP contribution in [0.1, 0.15) is 66.7 Å². The Morgan fingerprint density at radius 2 is 1.83 bits per heavy atom. The SMILES string of the molecule is CO[C@@H]1[C@H](O[C@H]2C[C@@]3(O)CC(=O)O[C@@H](/C=C/C=C/C#C[C@H]4C[C@@H]4Cl)C/C(C)=C/[C@@H](OC)[C@@H](C)[C@H](O3)[C@@H]2C)C[C@H](C)[C@H](NC=O)[C@]1(C)O. The van der Waals surface area contributed by atoms with Gasteiger partial charge in [0.1, 0.15) is 17.8 Å². The maximum absolute atomic E-state index is 13.4. The van der Waals surface area contributed by atoms with Gasteiger partial charge in [0.05, 0.1) is 36.9 Å². The number of halogens is 1. The van der Waals surface area contributed by atoms with E-state index in [2.05, 4.69) is 17.2 Å². The standard InChI is InChI=1S/C36H52ClNO9/c1-21-14-26(13-11-9-8-10-12-25-17-27(25)37)45-31(40)19-36(42)18-30(24(4)32(47-36)23(3)28(15-21)43-6)46-29-16-22(2)33(38-20-39)35(5,41)34(29)44-7/h8-9,11,13,15,20,22-30,32-34,41-42H,14,16-19H2,1-7H3,(H,38,39)/b9-8+,13-11+,21-15+/t22-,23+,24+,25-,26-,27-,28+,29+,30-,32-,33-,34+,35-,36-/m0/s1. The topological polar surface area (TPSA) is 133 Å². The minimum absolute atomic E-state index is 0.00451. The third-order valence-electron chi connectivity index (χ3n) is 10.1. The number of alkyl halides is 1. The molecule has 4 aliphatic rings. The molecule has 10 nitrogen and oxygen atoms in total. The zero-order chi connectivity index (χ0) is 34.5. The first-order valence-corrected chi connectivity index (χ1v) is 17.0. The van der Waals surface area contributed by atoms with E-state index in [1.54, 1.807) is 38.3 Å². The largest absolute Gasteiger partial charge is 0.458 e. The van der Waals surface area contributed by atoms with Crippen LogP contribution in [0.15, 0.2) is 36.0 Å². The highest BCUT2D eigenvalue weighted by atomic mass is 35.5. The zero-order valence-electron chi connectivity index (χ0n) is 28.6. The van der Waals surface area contributed by atoms with Crippen LogP contribution in [0.5, 0.6) is 0 Å². The van der Waals surface area contributed by atoms with Crippen molar-refractivity contribution in [3.8, 4) is 11.8 Å². The lowest BCUT2D eigenvalue weighted by Crippen LogP contribution is -2.67. The van der Waals surface area contributed by atoms with Crippen molar-refractivity contribution in [2.24, 2.45) is 23.7 Å². The molecular weight excluding hydrogens is 626 g/mol. The van der Waals surface area contributed by atoms with Gasteiger partial charge in [0.2, 0.25) is 6.41 Å². The van der Waals surface area contributed by atoms with Crippen LogP contribution in [0.2, 0.25) is 0 Å². The summed E-state index contributed by atoms with van der Waals surface area (Å²) in [5.74, 6) is 3.30. The van der Waals surface area contributed by atoms with E-state index in [9.17, 15) is 19.8 Å². The number of ether oxygens (including phenoxy) is 5. The molecule has 0 radical (unpaired) electrons. The van der Waals surface area contributed by atoms with Gasteiger partial charge in [-0.25, -0.2) is 0 Å². The van der Waals surface area contributed by atoms with Crippen molar-refractivity contribution in [2.45, 2.75) is 126 Å². The predicted octanol–water partition coefficient (Wildman–Crippen LogP) is 3.82. The van der Waals surface area contributed by atoms with Crippen LogP contribution in [0, 0.1) is 35.5 Å². The second-order valence-electron chi connectivity index (χ2n) is 14.0. The Labute approximate surface area is 284 Å². The van der Waals surface area contributed by atoms with Crippen LogP contribution in [-0.2, 0) is 33.3 Å². The summed E-state index contributed by atoms with van der Waals surface area (Å²) in [6.45, 7) is 9.55. The Bertz CT molecular complexity index is 1260. The number of methoxy groups -OCH3 is 2. The quantitative estimate of drug-likeness (QED) is 0.0876. The van der Waals surface area contributed by atoms with Crippen LogP contribution in [0.3, 0.4) is 0 Å². The Kier molecular flexibility index (Phi) is 12.8. The molecule has 0 aromatic heterocycles. The minimum atomic E-state index is -1.87. The van der Waals surface area contributed by atoms with E-state index in [0.717, 1.165) is 12.0 Å². The van der Waals surface area contributed by atoms with E-state index in [1.807, 2.05) is 33.8 Å². The van der Waals surface area contributed by atoms with Crippen molar-refractivity contribution in [1.82, 2.24) is 5.32 Å². The first-order valence-electron chi connectivity index (χ1n) is 16.6. The number of fused-ring (bicyclic) bond motifs is 2. The number of allylic oxidation sites excluding steroid dienone is 3. The second kappa shape index (κ2) is 16.0. The van der Waals surface area contributed by atoms with Gasteiger partial charge in [0.15, 0.2) is 5.79 Å². The molecule has 1 saturated heterocycles. The number of esters is 1. The molecule has 0 spiro atoms. The number of cyclic esters (lactones) is 1. The second-order valence-corrected chi connectivity index (χ2v) is 14.6. The van der Waals surface area contributed by atoms with Crippen LogP contribution in [0.4, 0.5) is 0 Å². The smallest absolute Gasteiger partial charge is 0.311 e. The fraction of sp³-hybridized carbons (Fsp3) is 0.722. The monoisotopic (exact) mass is 677 g/mol. The van der Waals surface area contributed by atoms with Gasteiger partial charge in [-0.15, -0.1) is 11.6 Å². The van der Waals surface area contributed by atoms with E-state index in [4.69, 9.17) is 35.3 Å². The number of carbonyl (C=O) groups is 2. The third kappa shape index (κ3) is 9.27. The maximum Gasteiger partial charge on any atom is 0.311 e. The molecule has 0 aromatic carbocycles. The molecule has 2 bridgehead atoms. The van der Waals surface area contributed by atoms with Crippen LogP contribution >= 0.6 is 11.6 Å². The van der Waals surface area contributed by atoms with Crippen molar-refractivity contribution in [3.05, 3.63) is 36.0 Å². The van der Waals surface area contributed by atoms with Crippen molar-refractivity contribution in [3.63, 3.8) is 0 Å². The van der Waals surface area contributed by atoms with Crippen molar-refractivity contribution in [2.75, 3.05) is 14.2 Å². The molecule has 47 heavy (non-hydrogen) atoms. The predicted molar refractivity (Wildman–Crippen MR) is 177 cm³/mol. The summed E-state index contributed by atoms with van der Waals surface area (Å²) in [6.07, 6.45) is 7.83.